The maximum Gasteiger partial charge on any atom is 0.358 e. The number of rotatable bonds is 9. The predicted molar refractivity (Wildman–Crippen MR) is 100 cm³/mol. The molecule has 0 saturated carbocycles. The number of benzene rings is 1. The number of hydrogen-bond donors (Lipinski definition) is 1. The number of nitrogens with one attached hydrogen (secondary N) is 1. The molecule has 0 bridgehead atoms. The Morgan fingerprint density at radius 3 is 2.81 bits per heavy atom. The van der Waals surface area contributed by atoms with E-state index in [1.54, 1.807) is 6.08 Å². The Labute approximate surface area is 159 Å². The second kappa shape index (κ2) is 10.0. The highest BCUT2D eigenvalue weighted by molar-refractivity contribution is 7.13. The molecule has 0 aliphatic heterocycles. The van der Waals surface area contributed by atoms with E-state index in [4.69, 9.17) is 10.00 Å². The number of carbonyl (C=O) groups is 2. The first-order valence-corrected chi connectivity index (χ1v) is 8.83. The Morgan fingerprint density at radius 2 is 2.15 bits per heavy atom. The number of carbonyl (C=O) groups excluding carboxylic acids is 2. The molecule has 1 aromatic heterocycles. The van der Waals surface area contributed by atoms with Crippen molar-refractivity contribution in [3.8, 4) is 6.07 Å². The first-order valence-electron chi connectivity index (χ1n) is 7.95. The molecule has 1 heterocycles. The lowest BCUT2D eigenvalue weighted by Gasteiger charge is -2.21. The van der Waals surface area contributed by atoms with Gasteiger partial charge in [-0.05, 0) is 24.3 Å². The number of anilines is 2. The van der Waals surface area contributed by atoms with Crippen LogP contribution in [0.3, 0.4) is 0 Å². The van der Waals surface area contributed by atoms with Crippen LogP contribution in [-0.4, -0.2) is 36.6 Å². The monoisotopic (exact) mass is 388 g/mol. The number of hydrogen-bond acceptors (Lipinski definition) is 7. The van der Waals surface area contributed by atoms with Crippen LogP contribution in [0, 0.1) is 17.1 Å². The van der Waals surface area contributed by atoms with Gasteiger partial charge in [0.1, 0.15) is 5.82 Å². The fourth-order valence-electron chi connectivity index (χ4n) is 2.07. The Morgan fingerprint density at radius 1 is 1.41 bits per heavy atom. The van der Waals surface area contributed by atoms with Crippen molar-refractivity contribution < 1.29 is 18.7 Å². The average molecular weight is 388 g/mol. The second-order valence-corrected chi connectivity index (χ2v) is 6.07. The molecule has 0 spiro atoms. The topological polar surface area (TPSA) is 95.3 Å². The maximum atomic E-state index is 13.1. The molecule has 0 radical (unpaired) electrons. The number of thiazole rings is 1. The van der Waals surface area contributed by atoms with E-state index in [1.807, 2.05) is 6.07 Å². The van der Waals surface area contributed by atoms with Crippen molar-refractivity contribution in [2.45, 2.75) is 6.42 Å². The molecule has 140 valence electrons. The molecule has 0 saturated heterocycles. The summed E-state index contributed by atoms with van der Waals surface area (Å²) in [5.41, 5.74) is 0.502. The smallest absolute Gasteiger partial charge is 0.358 e. The zero-order valence-electron chi connectivity index (χ0n) is 14.4. The third-order valence-corrected chi connectivity index (χ3v) is 4.12. The Kier molecular flexibility index (Phi) is 7.46. The van der Waals surface area contributed by atoms with Crippen molar-refractivity contribution in [3.05, 3.63) is 53.8 Å². The van der Waals surface area contributed by atoms with E-state index in [2.05, 4.69) is 16.9 Å². The standard InChI is InChI=1S/C18H17FN4O3S/c1-2-9-21-18-22-15(12-27-18)17(25)26-11-16(24)23(10-3-8-20)14-6-4-13(19)5-7-14/h2,4-7,12H,1,3,9-11H2,(H,21,22). The lowest BCUT2D eigenvalue weighted by Crippen LogP contribution is -2.35. The van der Waals surface area contributed by atoms with Crippen LogP contribution in [0.5, 0.6) is 0 Å². The number of aromatic nitrogens is 1. The minimum atomic E-state index is -0.731. The van der Waals surface area contributed by atoms with Crippen molar-refractivity contribution in [2.75, 3.05) is 29.9 Å². The highest BCUT2D eigenvalue weighted by Crippen LogP contribution is 2.17. The third-order valence-electron chi connectivity index (χ3n) is 3.32. The van der Waals surface area contributed by atoms with Crippen LogP contribution in [0.25, 0.3) is 0 Å². The van der Waals surface area contributed by atoms with Gasteiger partial charge in [-0.2, -0.15) is 5.26 Å². The molecule has 1 aromatic carbocycles. The fraction of sp³-hybridized carbons (Fsp3) is 0.222. The number of amides is 1. The zero-order valence-corrected chi connectivity index (χ0v) is 15.2. The molecule has 27 heavy (non-hydrogen) atoms. The van der Waals surface area contributed by atoms with E-state index in [-0.39, 0.29) is 18.7 Å². The largest absolute Gasteiger partial charge is 0.451 e. The summed E-state index contributed by atoms with van der Waals surface area (Å²) >= 11 is 1.23. The maximum absolute atomic E-state index is 13.1. The molecule has 1 N–H and O–H groups in total. The molecule has 9 heteroatoms. The Balaban J connectivity index is 1.98. The van der Waals surface area contributed by atoms with Gasteiger partial charge in [0.05, 0.1) is 12.5 Å². The molecule has 2 rings (SSSR count). The van der Waals surface area contributed by atoms with Gasteiger partial charge in [0.25, 0.3) is 5.91 Å². The van der Waals surface area contributed by atoms with E-state index < -0.39 is 24.3 Å². The van der Waals surface area contributed by atoms with Gasteiger partial charge in [-0.1, -0.05) is 6.08 Å². The molecule has 7 nitrogen and oxygen atoms in total. The number of nitrogens with zero attached hydrogens (tertiary/aromatic N) is 3. The van der Waals surface area contributed by atoms with Crippen LogP contribution in [0.1, 0.15) is 16.9 Å². The Bertz CT molecular complexity index is 845. The summed E-state index contributed by atoms with van der Waals surface area (Å²) < 4.78 is 18.1. The molecule has 0 unspecified atom stereocenters. The summed E-state index contributed by atoms with van der Waals surface area (Å²) in [5, 5.41) is 13.8. The average Bonchev–Trinajstić information content (AvgIpc) is 3.15. The quantitative estimate of drug-likeness (QED) is 0.524. The first-order chi connectivity index (χ1) is 13.0. The van der Waals surface area contributed by atoms with Gasteiger partial charge in [-0.15, -0.1) is 17.9 Å². The van der Waals surface area contributed by atoms with Crippen LogP contribution in [0.2, 0.25) is 0 Å². The SMILES string of the molecule is C=CCNc1nc(C(=O)OCC(=O)N(CCC#N)c2ccc(F)cc2)cs1. The predicted octanol–water partition coefficient (Wildman–Crippen LogP) is 2.98. The van der Waals surface area contributed by atoms with E-state index >= 15 is 0 Å². The lowest BCUT2D eigenvalue weighted by molar-refractivity contribution is -0.121. The van der Waals surface area contributed by atoms with Gasteiger partial charge >= 0.3 is 5.97 Å². The van der Waals surface area contributed by atoms with Gasteiger partial charge in [0, 0.05) is 24.2 Å². The van der Waals surface area contributed by atoms with Crippen LogP contribution in [0.15, 0.2) is 42.3 Å². The molecular weight excluding hydrogens is 371 g/mol. The van der Waals surface area contributed by atoms with Crippen molar-refractivity contribution in [2.24, 2.45) is 0 Å². The van der Waals surface area contributed by atoms with Gasteiger partial charge < -0.3 is 15.0 Å². The summed E-state index contributed by atoms with van der Waals surface area (Å²) in [6.07, 6.45) is 1.74. The minimum absolute atomic E-state index is 0.0848. The second-order valence-electron chi connectivity index (χ2n) is 5.21. The molecule has 1 amide bonds. The minimum Gasteiger partial charge on any atom is -0.451 e. The molecular formula is C18H17FN4O3S. The normalized spacial score (nSPS) is 9.93. The van der Waals surface area contributed by atoms with E-state index in [1.165, 1.54) is 45.9 Å². The highest BCUT2D eigenvalue weighted by atomic mass is 32.1. The molecule has 0 fully saturated rings. The summed E-state index contributed by atoms with van der Waals surface area (Å²) in [6, 6.07) is 7.21. The highest BCUT2D eigenvalue weighted by Gasteiger charge is 2.19. The third kappa shape index (κ3) is 5.90. The molecule has 2 aromatic rings. The molecule has 0 aliphatic rings. The number of ether oxygens (including phenoxy) is 1. The molecule has 0 atom stereocenters. The summed E-state index contributed by atoms with van der Waals surface area (Å²) in [6.45, 7) is 3.66. The van der Waals surface area contributed by atoms with E-state index in [0.717, 1.165) is 0 Å². The zero-order chi connectivity index (χ0) is 19.6. The van der Waals surface area contributed by atoms with Gasteiger partial charge in [-0.25, -0.2) is 14.2 Å². The van der Waals surface area contributed by atoms with Gasteiger partial charge in [-0.3, -0.25) is 4.79 Å². The van der Waals surface area contributed by atoms with Crippen molar-refractivity contribution in [1.82, 2.24) is 4.98 Å². The van der Waals surface area contributed by atoms with Gasteiger partial charge in [0.15, 0.2) is 17.4 Å². The summed E-state index contributed by atoms with van der Waals surface area (Å²) in [4.78, 5) is 29.8. The van der Waals surface area contributed by atoms with E-state index in [9.17, 15) is 14.0 Å². The van der Waals surface area contributed by atoms with Crippen LogP contribution in [0.4, 0.5) is 15.2 Å². The van der Waals surface area contributed by atoms with Crippen LogP contribution in [-0.2, 0) is 9.53 Å². The van der Waals surface area contributed by atoms with Crippen molar-refractivity contribution in [3.63, 3.8) is 0 Å². The van der Waals surface area contributed by atoms with Crippen LogP contribution < -0.4 is 10.2 Å². The van der Waals surface area contributed by atoms with Crippen molar-refractivity contribution in [1.29, 1.82) is 5.26 Å². The lowest BCUT2D eigenvalue weighted by atomic mass is 10.2. The fourth-order valence-corrected chi connectivity index (χ4v) is 2.76. The van der Waals surface area contributed by atoms with E-state index in [0.29, 0.717) is 17.4 Å². The number of nitriles is 1. The summed E-state index contributed by atoms with van der Waals surface area (Å²) in [7, 11) is 0. The van der Waals surface area contributed by atoms with Gasteiger partial charge in [0.2, 0.25) is 0 Å². The summed E-state index contributed by atoms with van der Waals surface area (Å²) in [5.74, 6) is -1.70. The van der Waals surface area contributed by atoms with Crippen LogP contribution >= 0.6 is 11.3 Å². The first kappa shape index (κ1) is 20.1. The molecule has 0 aliphatic carbocycles. The number of esters is 1. The van der Waals surface area contributed by atoms with Crippen molar-refractivity contribution >= 4 is 34.0 Å². The Hall–Kier alpha value is -3.25. The number of halogens is 1.